The molecular formula is C23H33N3O4S. The highest BCUT2D eigenvalue weighted by Crippen LogP contribution is 2.20. The molecule has 0 unspecified atom stereocenters. The van der Waals surface area contributed by atoms with Gasteiger partial charge in [-0.1, -0.05) is 43.2 Å². The third kappa shape index (κ3) is 6.79. The van der Waals surface area contributed by atoms with E-state index in [1.165, 1.54) is 31.0 Å². The zero-order chi connectivity index (χ0) is 22.1. The van der Waals surface area contributed by atoms with Gasteiger partial charge in [-0.3, -0.25) is 14.2 Å². The zero-order valence-electron chi connectivity index (χ0n) is 18.5. The Morgan fingerprint density at radius 1 is 1.19 bits per heavy atom. The third-order valence-corrected chi connectivity index (χ3v) is 6.40. The first kappa shape index (κ1) is 23.8. The number of hydrogen-bond acceptors (Lipinski definition) is 6. The van der Waals surface area contributed by atoms with Crippen LogP contribution < -0.4 is 10.9 Å². The van der Waals surface area contributed by atoms with Crippen LogP contribution in [0.1, 0.15) is 52.4 Å². The van der Waals surface area contributed by atoms with Gasteiger partial charge in [0.2, 0.25) is 5.91 Å². The molecule has 2 aromatic rings. The Hall–Kier alpha value is -1.90. The molecule has 0 spiro atoms. The molecule has 0 bridgehead atoms. The topological polar surface area (TPSA) is 82.5 Å². The van der Waals surface area contributed by atoms with Crippen LogP contribution in [0, 0.1) is 0 Å². The molecule has 1 aromatic carbocycles. The molecule has 1 aliphatic carbocycles. The average Bonchev–Trinajstić information content (AvgIpc) is 2.78. The van der Waals surface area contributed by atoms with Gasteiger partial charge in [-0.15, -0.1) is 0 Å². The molecule has 1 heterocycles. The molecule has 1 fully saturated rings. The summed E-state index contributed by atoms with van der Waals surface area (Å²) in [6, 6.07) is 7.59. The maximum Gasteiger partial charge on any atom is 0.262 e. The maximum absolute atomic E-state index is 13.2. The van der Waals surface area contributed by atoms with Crippen molar-refractivity contribution in [2.24, 2.45) is 0 Å². The Morgan fingerprint density at radius 2 is 1.90 bits per heavy atom. The van der Waals surface area contributed by atoms with Crippen molar-refractivity contribution in [3.8, 4) is 0 Å². The summed E-state index contributed by atoms with van der Waals surface area (Å²) in [6.45, 7) is 5.33. The summed E-state index contributed by atoms with van der Waals surface area (Å²) in [7, 11) is 0. The number of benzene rings is 1. The van der Waals surface area contributed by atoms with Crippen LogP contribution in [0.25, 0.3) is 10.9 Å². The molecule has 0 saturated heterocycles. The summed E-state index contributed by atoms with van der Waals surface area (Å²) in [5, 5.41) is 4.25. The smallest absolute Gasteiger partial charge is 0.262 e. The Balaban J connectivity index is 1.75. The van der Waals surface area contributed by atoms with Crippen LogP contribution in [0.3, 0.4) is 0 Å². The van der Waals surface area contributed by atoms with E-state index in [1.54, 1.807) is 10.6 Å². The number of aromatic nitrogens is 2. The lowest BCUT2D eigenvalue weighted by molar-refractivity contribution is -0.141. The minimum absolute atomic E-state index is 0.00707. The van der Waals surface area contributed by atoms with Gasteiger partial charge in [0.05, 0.1) is 16.7 Å². The third-order valence-electron chi connectivity index (χ3n) is 5.42. The molecule has 31 heavy (non-hydrogen) atoms. The van der Waals surface area contributed by atoms with Gasteiger partial charge in [-0.05, 0) is 38.8 Å². The quantitative estimate of drug-likeness (QED) is 0.321. The van der Waals surface area contributed by atoms with Crippen LogP contribution in [0.2, 0.25) is 0 Å². The predicted octanol–water partition coefficient (Wildman–Crippen LogP) is 3.73. The predicted molar refractivity (Wildman–Crippen MR) is 123 cm³/mol. The Kier molecular flexibility index (Phi) is 9.36. The second kappa shape index (κ2) is 12.2. The van der Waals surface area contributed by atoms with E-state index in [1.807, 2.05) is 32.0 Å². The fraction of sp³-hybridized carbons (Fsp3) is 0.609. The van der Waals surface area contributed by atoms with Crippen molar-refractivity contribution in [3.63, 3.8) is 0 Å². The van der Waals surface area contributed by atoms with E-state index in [0.29, 0.717) is 42.2 Å². The normalized spacial score (nSPS) is 14.9. The van der Waals surface area contributed by atoms with E-state index in [0.717, 1.165) is 12.8 Å². The molecule has 170 valence electrons. The number of nitrogens with zero attached hydrogens (tertiary/aromatic N) is 2. The second-order valence-electron chi connectivity index (χ2n) is 7.69. The maximum atomic E-state index is 13.2. The Morgan fingerprint density at radius 3 is 2.61 bits per heavy atom. The van der Waals surface area contributed by atoms with Crippen LogP contribution in [-0.4, -0.2) is 46.8 Å². The number of nitrogens with one attached hydrogen (secondary N) is 1. The van der Waals surface area contributed by atoms with Crippen molar-refractivity contribution in [2.75, 3.05) is 19.0 Å². The fourth-order valence-electron chi connectivity index (χ4n) is 3.92. The largest absolute Gasteiger partial charge is 0.353 e. The number of amides is 1. The van der Waals surface area contributed by atoms with Crippen molar-refractivity contribution < 1.29 is 14.3 Å². The standard InChI is InChI=1S/C23H33N3O4S/c1-3-29-21(30-4-2)14-15-26-22(28)18-12-8-9-13-19(18)25-23(26)31-16-20(27)24-17-10-6-5-7-11-17/h8-9,12-13,17,21H,3-7,10-11,14-16H2,1-2H3,(H,24,27). The van der Waals surface area contributed by atoms with E-state index in [9.17, 15) is 9.59 Å². The number of thioether (sulfide) groups is 1. The lowest BCUT2D eigenvalue weighted by atomic mass is 9.95. The molecule has 1 amide bonds. The van der Waals surface area contributed by atoms with Crippen molar-refractivity contribution in [1.82, 2.24) is 14.9 Å². The summed E-state index contributed by atoms with van der Waals surface area (Å²) >= 11 is 1.31. The highest BCUT2D eigenvalue weighted by Gasteiger charge is 2.18. The molecule has 3 rings (SSSR count). The average molecular weight is 448 g/mol. The van der Waals surface area contributed by atoms with Gasteiger partial charge in [-0.25, -0.2) is 4.98 Å². The fourth-order valence-corrected chi connectivity index (χ4v) is 4.76. The summed E-state index contributed by atoms with van der Waals surface area (Å²) in [4.78, 5) is 30.3. The minimum atomic E-state index is -0.374. The number of carbonyl (C=O) groups is 1. The SMILES string of the molecule is CCOC(CCn1c(SCC(=O)NC2CCCCC2)nc2ccccc2c1=O)OCC. The minimum Gasteiger partial charge on any atom is -0.353 e. The van der Waals surface area contributed by atoms with E-state index >= 15 is 0 Å². The van der Waals surface area contributed by atoms with Crippen LogP contribution in [-0.2, 0) is 20.8 Å². The van der Waals surface area contributed by atoms with E-state index in [2.05, 4.69) is 10.3 Å². The van der Waals surface area contributed by atoms with Crippen molar-refractivity contribution in [1.29, 1.82) is 0 Å². The first-order chi connectivity index (χ1) is 15.1. The number of hydrogen-bond donors (Lipinski definition) is 1. The van der Waals surface area contributed by atoms with E-state index in [4.69, 9.17) is 9.47 Å². The van der Waals surface area contributed by atoms with Crippen LogP contribution >= 0.6 is 11.8 Å². The molecule has 0 radical (unpaired) electrons. The van der Waals surface area contributed by atoms with Crippen molar-refractivity contribution in [2.45, 2.75) is 76.4 Å². The Labute approximate surface area is 187 Å². The lowest BCUT2D eigenvalue weighted by Gasteiger charge is -2.22. The van der Waals surface area contributed by atoms with Gasteiger partial charge in [0.25, 0.3) is 5.56 Å². The number of para-hydroxylation sites is 1. The van der Waals surface area contributed by atoms with Gasteiger partial charge in [0, 0.05) is 32.2 Å². The molecule has 0 aliphatic heterocycles. The lowest BCUT2D eigenvalue weighted by Crippen LogP contribution is -2.37. The highest BCUT2D eigenvalue weighted by molar-refractivity contribution is 7.99. The zero-order valence-corrected chi connectivity index (χ0v) is 19.3. The van der Waals surface area contributed by atoms with Crippen LogP contribution in [0.15, 0.2) is 34.2 Å². The summed E-state index contributed by atoms with van der Waals surface area (Å²) in [5.74, 6) is 0.231. The van der Waals surface area contributed by atoms with Crippen molar-refractivity contribution >= 4 is 28.6 Å². The van der Waals surface area contributed by atoms with Gasteiger partial charge >= 0.3 is 0 Å². The molecule has 1 aliphatic rings. The van der Waals surface area contributed by atoms with Gasteiger partial charge in [0.15, 0.2) is 11.4 Å². The van der Waals surface area contributed by atoms with Gasteiger partial charge < -0.3 is 14.8 Å². The molecule has 8 heteroatoms. The first-order valence-corrected chi connectivity index (χ1v) is 12.3. The number of carbonyl (C=O) groups excluding carboxylic acids is 1. The molecule has 1 N–H and O–H groups in total. The molecule has 7 nitrogen and oxygen atoms in total. The van der Waals surface area contributed by atoms with Gasteiger partial charge in [0.1, 0.15) is 0 Å². The molecule has 1 saturated carbocycles. The number of rotatable bonds is 11. The second-order valence-corrected chi connectivity index (χ2v) is 8.63. The molecular weight excluding hydrogens is 414 g/mol. The van der Waals surface area contributed by atoms with E-state index in [-0.39, 0.29) is 29.6 Å². The highest BCUT2D eigenvalue weighted by atomic mass is 32.2. The number of ether oxygens (including phenoxy) is 2. The summed E-state index contributed by atoms with van der Waals surface area (Å²) < 4.78 is 12.9. The van der Waals surface area contributed by atoms with Crippen LogP contribution in [0.5, 0.6) is 0 Å². The molecule has 0 atom stereocenters. The first-order valence-electron chi connectivity index (χ1n) is 11.3. The molecule has 1 aromatic heterocycles. The van der Waals surface area contributed by atoms with Crippen molar-refractivity contribution in [3.05, 3.63) is 34.6 Å². The summed E-state index contributed by atoms with van der Waals surface area (Å²) in [5.41, 5.74) is 0.539. The summed E-state index contributed by atoms with van der Waals surface area (Å²) in [6.07, 6.45) is 5.84. The Bertz CT molecular complexity index is 905. The van der Waals surface area contributed by atoms with Crippen LogP contribution in [0.4, 0.5) is 0 Å². The van der Waals surface area contributed by atoms with E-state index < -0.39 is 0 Å². The monoisotopic (exact) mass is 447 g/mol. The number of fused-ring (bicyclic) bond motifs is 1. The van der Waals surface area contributed by atoms with Gasteiger partial charge in [-0.2, -0.15) is 0 Å².